The number of imidazole rings is 1. The van der Waals surface area contributed by atoms with Gasteiger partial charge < -0.3 is 9.67 Å². The maximum Gasteiger partial charge on any atom is 0.139 e. The smallest absolute Gasteiger partial charge is 0.139 e. The molecule has 1 aromatic carbocycles. The Morgan fingerprint density at radius 2 is 2.21 bits per heavy atom. The molecule has 72 valence electrons. The van der Waals surface area contributed by atoms with E-state index >= 15 is 0 Å². The summed E-state index contributed by atoms with van der Waals surface area (Å²) in [4.78, 5) is 4.17. The third-order valence-corrected chi connectivity index (χ3v) is 2.35. The fourth-order valence-corrected chi connectivity index (χ4v) is 1.41. The number of phenolic OH excluding ortho intramolecular Hbond substituents is 1. The molecule has 0 aliphatic heterocycles. The molecule has 0 amide bonds. The van der Waals surface area contributed by atoms with Gasteiger partial charge in [0, 0.05) is 25.0 Å². The van der Waals surface area contributed by atoms with Crippen LogP contribution in [0.5, 0.6) is 5.75 Å². The predicted molar refractivity (Wildman–Crippen MR) is 55.3 cm³/mol. The highest BCUT2D eigenvalue weighted by atomic mass is 35.5. The van der Waals surface area contributed by atoms with Crippen LogP contribution in [0, 0.1) is 0 Å². The summed E-state index contributed by atoms with van der Waals surface area (Å²) in [5, 5.41) is 9.77. The van der Waals surface area contributed by atoms with Gasteiger partial charge in [0.15, 0.2) is 0 Å². The average Bonchev–Trinajstić information content (AvgIpc) is 2.57. The number of phenols is 1. The normalized spacial score (nSPS) is 10.4. The van der Waals surface area contributed by atoms with E-state index in [-0.39, 0.29) is 5.75 Å². The monoisotopic (exact) mass is 208 g/mol. The molecule has 1 aromatic heterocycles. The molecule has 0 radical (unpaired) electrons. The summed E-state index contributed by atoms with van der Waals surface area (Å²) >= 11 is 5.70. The molecule has 0 saturated carbocycles. The van der Waals surface area contributed by atoms with Gasteiger partial charge in [-0.2, -0.15) is 0 Å². The molecule has 4 heteroatoms. The zero-order valence-corrected chi connectivity index (χ0v) is 8.36. The quantitative estimate of drug-likeness (QED) is 0.782. The molecule has 3 nitrogen and oxygen atoms in total. The van der Waals surface area contributed by atoms with Gasteiger partial charge >= 0.3 is 0 Å². The fourth-order valence-electron chi connectivity index (χ4n) is 1.30. The minimum absolute atomic E-state index is 0.0761. The van der Waals surface area contributed by atoms with E-state index in [1.807, 2.05) is 23.9 Å². The number of rotatable bonds is 1. The molecule has 2 aromatic rings. The Kier molecular flexibility index (Phi) is 2.17. The molecule has 0 aliphatic carbocycles. The highest BCUT2D eigenvalue weighted by molar-refractivity contribution is 6.32. The predicted octanol–water partition coefficient (Wildman–Crippen LogP) is 2.45. The Morgan fingerprint density at radius 3 is 2.79 bits per heavy atom. The maximum absolute atomic E-state index is 9.42. The minimum Gasteiger partial charge on any atom is -0.506 e. The van der Waals surface area contributed by atoms with Crippen LogP contribution in [-0.2, 0) is 7.05 Å². The van der Waals surface area contributed by atoms with E-state index in [9.17, 15) is 5.11 Å². The number of aromatic nitrogens is 2. The number of nitrogens with zero attached hydrogens (tertiary/aromatic N) is 2. The van der Waals surface area contributed by atoms with Crippen LogP contribution in [0.4, 0.5) is 0 Å². The first-order valence-electron chi connectivity index (χ1n) is 4.14. The van der Waals surface area contributed by atoms with Crippen LogP contribution in [0.2, 0.25) is 5.02 Å². The van der Waals surface area contributed by atoms with Crippen LogP contribution in [-0.4, -0.2) is 14.7 Å². The van der Waals surface area contributed by atoms with Gasteiger partial charge in [-0.25, -0.2) is 4.98 Å². The molecule has 0 unspecified atom stereocenters. The summed E-state index contributed by atoms with van der Waals surface area (Å²) in [6.07, 6.45) is 3.56. The molecule has 0 atom stereocenters. The summed E-state index contributed by atoms with van der Waals surface area (Å²) in [5.74, 6) is 0.879. The van der Waals surface area contributed by atoms with Crippen LogP contribution in [0.25, 0.3) is 11.4 Å². The van der Waals surface area contributed by atoms with Crippen molar-refractivity contribution < 1.29 is 5.11 Å². The molecule has 0 aliphatic rings. The van der Waals surface area contributed by atoms with E-state index in [0.29, 0.717) is 5.02 Å². The zero-order chi connectivity index (χ0) is 10.1. The summed E-state index contributed by atoms with van der Waals surface area (Å²) < 4.78 is 1.88. The van der Waals surface area contributed by atoms with E-state index < -0.39 is 0 Å². The molecular weight excluding hydrogens is 200 g/mol. The topological polar surface area (TPSA) is 38.0 Å². The number of aryl methyl sites for hydroxylation is 1. The van der Waals surface area contributed by atoms with Gasteiger partial charge in [-0.15, -0.1) is 0 Å². The maximum atomic E-state index is 9.42. The van der Waals surface area contributed by atoms with E-state index in [0.717, 1.165) is 11.4 Å². The SMILES string of the molecule is Cn1ccnc1-c1ccc(Cl)c(O)c1. The van der Waals surface area contributed by atoms with Gasteiger partial charge in [0.2, 0.25) is 0 Å². The lowest BCUT2D eigenvalue weighted by Gasteiger charge is -2.03. The molecule has 14 heavy (non-hydrogen) atoms. The molecule has 1 heterocycles. The first-order chi connectivity index (χ1) is 6.68. The molecule has 1 N–H and O–H groups in total. The standard InChI is InChI=1S/C10H9ClN2O/c1-13-5-4-12-10(13)7-2-3-8(11)9(14)6-7/h2-6,14H,1H3. The van der Waals surface area contributed by atoms with Crippen molar-refractivity contribution in [1.29, 1.82) is 0 Å². The lowest BCUT2D eigenvalue weighted by molar-refractivity contribution is 0.476. The van der Waals surface area contributed by atoms with Crippen molar-refractivity contribution in [2.24, 2.45) is 7.05 Å². The van der Waals surface area contributed by atoms with Crippen LogP contribution < -0.4 is 0 Å². The second-order valence-corrected chi connectivity index (χ2v) is 3.44. The third-order valence-electron chi connectivity index (χ3n) is 2.03. The molecule has 0 spiro atoms. The number of benzene rings is 1. The number of aromatic hydroxyl groups is 1. The highest BCUT2D eigenvalue weighted by Crippen LogP contribution is 2.28. The largest absolute Gasteiger partial charge is 0.506 e. The van der Waals surface area contributed by atoms with E-state index in [2.05, 4.69) is 4.98 Å². The molecular formula is C10H9ClN2O. The number of hydrogen-bond acceptors (Lipinski definition) is 2. The Bertz CT molecular complexity index is 465. The summed E-state index contributed by atoms with van der Waals surface area (Å²) in [6, 6.07) is 5.08. The van der Waals surface area contributed by atoms with Crippen molar-refractivity contribution in [2.45, 2.75) is 0 Å². The first-order valence-corrected chi connectivity index (χ1v) is 4.52. The van der Waals surface area contributed by atoms with Crippen LogP contribution in [0.3, 0.4) is 0 Å². The van der Waals surface area contributed by atoms with Crippen molar-refractivity contribution >= 4 is 11.6 Å². The Morgan fingerprint density at radius 1 is 1.43 bits per heavy atom. The van der Waals surface area contributed by atoms with Crippen LogP contribution >= 0.6 is 11.6 Å². The van der Waals surface area contributed by atoms with Gasteiger partial charge in [-0.1, -0.05) is 11.6 Å². The minimum atomic E-state index is 0.0761. The lowest BCUT2D eigenvalue weighted by atomic mass is 10.2. The van der Waals surface area contributed by atoms with Crippen molar-refractivity contribution in [1.82, 2.24) is 9.55 Å². The Balaban J connectivity index is 2.53. The second-order valence-electron chi connectivity index (χ2n) is 3.03. The molecule has 0 fully saturated rings. The molecule has 2 rings (SSSR count). The first kappa shape index (κ1) is 9.09. The number of hydrogen-bond donors (Lipinski definition) is 1. The van der Waals surface area contributed by atoms with Gasteiger partial charge in [0.25, 0.3) is 0 Å². The Labute approximate surface area is 86.6 Å². The fraction of sp³-hybridized carbons (Fsp3) is 0.100. The van der Waals surface area contributed by atoms with E-state index in [1.54, 1.807) is 18.3 Å². The van der Waals surface area contributed by atoms with E-state index in [4.69, 9.17) is 11.6 Å². The average molecular weight is 209 g/mol. The summed E-state index contributed by atoms with van der Waals surface area (Å²) in [6.45, 7) is 0. The van der Waals surface area contributed by atoms with E-state index in [1.165, 1.54) is 0 Å². The summed E-state index contributed by atoms with van der Waals surface area (Å²) in [5.41, 5.74) is 0.847. The third kappa shape index (κ3) is 1.46. The Hall–Kier alpha value is -1.48. The lowest BCUT2D eigenvalue weighted by Crippen LogP contribution is -1.90. The van der Waals surface area contributed by atoms with Crippen molar-refractivity contribution in [2.75, 3.05) is 0 Å². The summed E-state index contributed by atoms with van der Waals surface area (Å²) in [7, 11) is 1.90. The van der Waals surface area contributed by atoms with Gasteiger partial charge in [0.1, 0.15) is 11.6 Å². The zero-order valence-electron chi connectivity index (χ0n) is 7.61. The molecule has 0 saturated heterocycles. The number of halogens is 1. The van der Waals surface area contributed by atoms with Crippen molar-refractivity contribution in [3.8, 4) is 17.1 Å². The van der Waals surface area contributed by atoms with Gasteiger partial charge in [0.05, 0.1) is 5.02 Å². The van der Waals surface area contributed by atoms with Gasteiger partial charge in [-0.3, -0.25) is 0 Å². The second kappa shape index (κ2) is 3.35. The van der Waals surface area contributed by atoms with Crippen LogP contribution in [0.1, 0.15) is 0 Å². The highest BCUT2D eigenvalue weighted by Gasteiger charge is 2.05. The van der Waals surface area contributed by atoms with Crippen molar-refractivity contribution in [3.63, 3.8) is 0 Å². The van der Waals surface area contributed by atoms with Crippen LogP contribution in [0.15, 0.2) is 30.6 Å². The molecule has 0 bridgehead atoms. The van der Waals surface area contributed by atoms with Gasteiger partial charge in [-0.05, 0) is 18.2 Å². The van der Waals surface area contributed by atoms with Crippen molar-refractivity contribution in [3.05, 3.63) is 35.6 Å².